The molecule has 4 aliphatic heterocycles. The van der Waals surface area contributed by atoms with Gasteiger partial charge in [0.05, 0.1) is 0 Å². The van der Waals surface area contributed by atoms with E-state index in [9.17, 15) is 0 Å². The number of nitrogens with zero attached hydrogens (tertiary/aromatic N) is 2. The number of fused-ring (bicyclic) bond motifs is 12. The number of ether oxygens (including phenoxy) is 2. The molecule has 0 aliphatic carbocycles. The monoisotopic (exact) mass is 764 g/mol. The predicted molar refractivity (Wildman–Crippen MR) is 242 cm³/mol. The number of anilines is 5. The Morgan fingerprint density at radius 2 is 1.23 bits per heavy atom. The molecule has 4 nitrogen and oxygen atoms in total. The summed E-state index contributed by atoms with van der Waals surface area (Å²) in [5.41, 5.74) is 13.6. The fraction of sp³-hybridized carbons (Fsp3) is 0.0400. The van der Waals surface area contributed by atoms with Gasteiger partial charge >= 0.3 is 6.85 Å². The van der Waals surface area contributed by atoms with Crippen LogP contribution in [-0.2, 0) is 0 Å². The minimum absolute atomic E-state index is 0.101. The minimum atomic E-state index is -2.10. The minimum Gasteiger partial charge on any atom is -0.449 e. The average Bonchev–Trinajstić information content (AvgIpc) is 3.63. The molecule has 57 heavy (non-hydrogen) atoms. The summed E-state index contributed by atoms with van der Waals surface area (Å²) in [5.74, 6) is 2.91. The molecule has 0 atom stereocenters. The van der Waals surface area contributed by atoms with Crippen LogP contribution in [-0.4, -0.2) is 14.9 Å². The van der Waals surface area contributed by atoms with Gasteiger partial charge in [-0.25, -0.2) is 0 Å². The Hall–Kier alpha value is -6.54. The van der Waals surface area contributed by atoms with Crippen molar-refractivity contribution in [3.63, 3.8) is 0 Å². The van der Waals surface area contributed by atoms with Crippen molar-refractivity contribution in [3.8, 4) is 45.3 Å². The molecule has 0 saturated carbocycles. The largest absolute Gasteiger partial charge is 0.449 e. The standard InChI is InChI=1S/C50H33BN2O2SSi/c1-57(2)45-21-11-7-17-37(45)52-39-27-34-33-15-6-10-20-44(33)56-50(34)47-35-28-42-43(55-41-19-9-8-18-40(41)54-42)29-38(35)53(51(48(39)47)36-16-12-22-46(57)49(36)52)32-25-23-31(24-26-32)30-13-4-3-5-14-30/h3-29H,1-2H3. The van der Waals surface area contributed by atoms with Gasteiger partial charge in [-0.05, 0) is 81.0 Å². The van der Waals surface area contributed by atoms with Gasteiger partial charge in [0.2, 0.25) is 0 Å². The maximum atomic E-state index is 6.68. The first-order valence-electron chi connectivity index (χ1n) is 19.6. The molecule has 0 amide bonds. The fourth-order valence-electron chi connectivity index (χ4n) is 10.1. The lowest BCUT2D eigenvalue weighted by Gasteiger charge is -2.50. The summed E-state index contributed by atoms with van der Waals surface area (Å²) in [6, 6.07) is 59.9. The summed E-state index contributed by atoms with van der Waals surface area (Å²) in [7, 11) is -2.10. The number of benzene rings is 8. The van der Waals surface area contributed by atoms with E-state index < -0.39 is 8.07 Å². The maximum Gasteiger partial charge on any atom is 0.333 e. The third-order valence-electron chi connectivity index (χ3n) is 12.7. The quantitative estimate of drug-likeness (QED) is 0.164. The predicted octanol–water partition coefficient (Wildman–Crippen LogP) is 11.5. The van der Waals surface area contributed by atoms with Gasteiger partial charge in [0.25, 0.3) is 0 Å². The van der Waals surface area contributed by atoms with Crippen molar-refractivity contribution in [3.05, 3.63) is 164 Å². The molecular weight excluding hydrogens is 732 g/mol. The van der Waals surface area contributed by atoms with E-state index in [2.05, 4.69) is 162 Å². The lowest BCUT2D eigenvalue weighted by atomic mass is 9.43. The van der Waals surface area contributed by atoms with Crippen LogP contribution in [0, 0.1) is 0 Å². The fourth-order valence-corrected chi connectivity index (χ4v) is 14.4. The summed E-state index contributed by atoms with van der Waals surface area (Å²) in [4.78, 5) is 5.21. The van der Waals surface area contributed by atoms with E-state index in [1.54, 1.807) is 0 Å². The summed E-state index contributed by atoms with van der Waals surface area (Å²) >= 11 is 1.90. The van der Waals surface area contributed by atoms with Crippen LogP contribution < -0.4 is 40.5 Å². The first-order valence-corrected chi connectivity index (χ1v) is 23.4. The Kier molecular flexibility index (Phi) is 6.26. The topological polar surface area (TPSA) is 24.9 Å². The van der Waals surface area contributed by atoms with Crippen molar-refractivity contribution in [2.75, 3.05) is 9.71 Å². The summed E-state index contributed by atoms with van der Waals surface area (Å²) in [6.45, 7) is 4.94. The van der Waals surface area contributed by atoms with Crippen molar-refractivity contribution >= 4 is 96.2 Å². The zero-order chi connectivity index (χ0) is 37.6. The molecule has 0 spiro atoms. The molecule has 5 heterocycles. The lowest BCUT2D eigenvalue weighted by molar-refractivity contribution is 0.360. The van der Waals surface area contributed by atoms with Crippen LogP contribution >= 0.6 is 11.3 Å². The average molecular weight is 765 g/mol. The zero-order valence-electron chi connectivity index (χ0n) is 31.3. The third-order valence-corrected chi connectivity index (χ3v) is 17.4. The second kappa shape index (κ2) is 11.3. The number of hydrogen-bond donors (Lipinski definition) is 0. The zero-order valence-corrected chi connectivity index (χ0v) is 33.1. The summed E-state index contributed by atoms with van der Waals surface area (Å²) in [5, 5.41) is 5.53. The van der Waals surface area contributed by atoms with Crippen LogP contribution in [0.25, 0.3) is 42.4 Å². The van der Waals surface area contributed by atoms with E-state index in [0.29, 0.717) is 0 Å². The van der Waals surface area contributed by atoms with E-state index in [-0.39, 0.29) is 6.85 Å². The normalized spacial score (nSPS) is 14.8. The van der Waals surface area contributed by atoms with Crippen molar-refractivity contribution in [1.82, 2.24) is 0 Å². The number of hydrogen-bond acceptors (Lipinski definition) is 5. The highest BCUT2D eigenvalue weighted by molar-refractivity contribution is 7.26. The van der Waals surface area contributed by atoms with Crippen molar-refractivity contribution < 1.29 is 9.47 Å². The smallest absolute Gasteiger partial charge is 0.333 e. The van der Waals surface area contributed by atoms with Gasteiger partial charge in [-0.3, -0.25) is 0 Å². The Morgan fingerprint density at radius 1 is 0.544 bits per heavy atom. The van der Waals surface area contributed by atoms with Gasteiger partial charge in [0.1, 0.15) is 8.07 Å². The highest BCUT2D eigenvalue weighted by atomic mass is 32.1. The third kappa shape index (κ3) is 4.22. The maximum absolute atomic E-state index is 6.68. The van der Waals surface area contributed by atoms with Crippen LogP contribution in [0.2, 0.25) is 13.1 Å². The van der Waals surface area contributed by atoms with E-state index >= 15 is 0 Å². The van der Waals surface area contributed by atoms with Gasteiger partial charge in [-0.1, -0.05) is 122 Å². The molecule has 268 valence electrons. The van der Waals surface area contributed by atoms with E-state index in [1.165, 1.54) is 75.2 Å². The molecule has 0 N–H and O–H groups in total. The van der Waals surface area contributed by atoms with Gasteiger partial charge in [-0.15, -0.1) is 11.3 Å². The molecule has 9 aromatic rings. The SMILES string of the molecule is C[Si]1(C)c2ccccc2N2c3cc4c(sc5ccccc54)c4c3B(c3cccc1c32)N(c1ccc(-c2ccccc2)cc1)c1cc2c(cc1-4)Oc1ccccc1O2. The van der Waals surface area contributed by atoms with Crippen LogP contribution in [0.4, 0.5) is 28.4 Å². The number of para-hydroxylation sites is 4. The van der Waals surface area contributed by atoms with E-state index in [1.807, 2.05) is 35.6 Å². The van der Waals surface area contributed by atoms with Crippen LogP contribution in [0.3, 0.4) is 0 Å². The first kappa shape index (κ1) is 31.6. The molecule has 0 bridgehead atoms. The second-order valence-corrected chi connectivity index (χ2v) is 21.4. The van der Waals surface area contributed by atoms with Crippen molar-refractivity contribution in [2.24, 2.45) is 0 Å². The Labute approximate surface area is 335 Å². The highest BCUT2D eigenvalue weighted by Gasteiger charge is 2.50. The molecule has 4 aliphatic rings. The molecule has 13 rings (SSSR count). The highest BCUT2D eigenvalue weighted by Crippen LogP contribution is 2.56. The Balaban J connectivity index is 1.17. The van der Waals surface area contributed by atoms with Gasteiger partial charge < -0.3 is 19.2 Å². The summed E-state index contributed by atoms with van der Waals surface area (Å²) in [6.07, 6.45) is 0. The van der Waals surface area contributed by atoms with Gasteiger partial charge in [-0.2, -0.15) is 0 Å². The molecule has 0 fully saturated rings. The molecular formula is C50H33BN2O2SSi. The number of rotatable bonds is 2. The van der Waals surface area contributed by atoms with E-state index in [4.69, 9.17) is 9.47 Å². The van der Waals surface area contributed by atoms with Crippen molar-refractivity contribution in [2.45, 2.75) is 13.1 Å². The Morgan fingerprint density at radius 3 is 2.05 bits per heavy atom. The second-order valence-electron chi connectivity index (χ2n) is 16.0. The lowest BCUT2D eigenvalue weighted by Crippen LogP contribution is -2.67. The van der Waals surface area contributed by atoms with Crippen LogP contribution in [0.1, 0.15) is 0 Å². The molecule has 1 aromatic heterocycles. The van der Waals surface area contributed by atoms with Crippen molar-refractivity contribution in [1.29, 1.82) is 0 Å². The molecule has 7 heteroatoms. The molecule has 0 unspecified atom stereocenters. The molecule has 8 aromatic carbocycles. The summed E-state index contributed by atoms with van der Waals surface area (Å²) < 4.78 is 16.0. The first-order chi connectivity index (χ1) is 28.0. The van der Waals surface area contributed by atoms with E-state index in [0.717, 1.165) is 39.9 Å². The number of thiophene rings is 1. The Bertz CT molecular complexity index is 3200. The molecule has 0 radical (unpaired) electrons. The van der Waals surface area contributed by atoms with Gasteiger partial charge in [0, 0.05) is 65.8 Å². The molecule has 0 saturated heterocycles. The van der Waals surface area contributed by atoms with Crippen LogP contribution in [0.5, 0.6) is 23.0 Å². The van der Waals surface area contributed by atoms with Crippen LogP contribution in [0.15, 0.2) is 164 Å². The van der Waals surface area contributed by atoms with Gasteiger partial charge in [0.15, 0.2) is 23.0 Å².